The van der Waals surface area contributed by atoms with Crippen LogP contribution >= 0.6 is 11.8 Å². The van der Waals surface area contributed by atoms with Crippen LogP contribution in [0, 0.1) is 0 Å². The highest BCUT2D eigenvalue weighted by Gasteiger charge is 2.22. The molecule has 216 valence electrons. The largest absolute Gasteiger partial charge is 0.508 e. The molecule has 3 N–H and O–H groups in total. The van der Waals surface area contributed by atoms with E-state index in [0.717, 1.165) is 38.1 Å². The first-order valence-electron chi connectivity index (χ1n) is 13.9. The number of amides is 2. The fourth-order valence-corrected chi connectivity index (χ4v) is 5.55. The zero-order chi connectivity index (χ0) is 30.0. The Morgan fingerprint density at radius 2 is 1.70 bits per heavy atom. The molecule has 0 bridgehead atoms. The molecule has 43 heavy (non-hydrogen) atoms. The summed E-state index contributed by atoms with van der Waals surface area (Å²) in [6, 6.07) is 30.2. The summed E-state index contributed by atoms with van der Waals surface area (Å²) in [5.41, 5.74) is 3.97. The van der Waals surface area contributed by atoms with Crippen molar-refractivity contribution in [3.05, 3.63) is 115 Å². The number of aromatic hydroxyl groups is 1. The first kappa shape index (κ1) is 28.0. The number of nitrogens with zero attached hydrogens (tertiary/aromatic N) is 5. The van der Waals surface area contributed by atoms with Crippen molar-refractivity contribution in [1.29, 1.82) is 0 Å². The maximum atomic E-state index is 13.1. The van der Waals surface area contributed by atoms with E-state index in [2.05, 4.69) is 41.6 Å². The molecule has 0 fully saturated rings. The molecule has 9 nitrogen and oxygen atoms in total. The Morgan fingerprint density at radius 1 is 0.907 bits per heavy atom. The summed E-state index contributed by atoms with van der Waals surface area (Å²) in [4.78, 5) is 15.2. The Labute approximate surface area is 253 Å². The van der Waals surface area contributed by atoms with E-state index in [1.54, 1.807) is 34.6 Å². The van der Waals surface area contributed by atoms with E-state index in [4.69, 9.17) is 5.10 Å². The Balaban J connectivity index is 1.19. The summed E-state index contributed by atoms with van der Waals surface area (Å²) in [6.45, 7) is 6.50. The van der Waals surface area contributed by atoms with Crippen LogP contribution in [0.2, 0.25) is 0 Å². The maximum absolute atomic E-state index is 13.1. The fraction of sp³-hybridized carbons (Fsp3) is 0.152. The molecule has 0 radical (unpaired) electrons. The number of anilines is 1. The summed E-state index contributed by atoms with van der Waals surface area (Å²) in [5.74, 6) is 1.41. The van der Waals surface area contributed by atoms with Crippen LogP contribution in [0.15, 0.2) is 113 Å². The third-order valence-electron chi connectivity index (χ3n) is 6.84. The minimum absolute atomic E-state index is 0.120. The molecule has 0 aliphatic carbocycles. The van der Waals surface area contributed by atoms with E-state index in [-0.39, 0.29) is 17.2 Å². The van der Waals surface area contributed by atoms with E-state index in [0.29, 0.717) is 18.1 Å². The molecular formula is C33H31N7O2S. The number of hydrogen-bond donors (Lipinski definition) is 3. The molecule has 0 atom stereocenters. The Hall–Kier alpha value is -5.09. The topological polar surface area (TPSA) is 109 Å². The van der Waals surface area contributed by atoms with Crippen molar-refractivity contribution in [2.75, 3.05) is 5.32 Å². The van der Waals surface area contributed by atoms with E-state index in [1.807, 2.05) is 89.5 Å². The second kappa shape index (κ2) is 11.7. The Kier molecular flexibility index (Phi) is 7.60. The van der Waals surface area contributed by atoms with Gasteiger partial charge in [-0.05, 0) is 35.9 Å². The van der Waals surface area contributed by atoms with Gasteiger partial charge in [0.05, 0.1) is 11.4 Å². The molecule has 3 heterocycles. The third-order valence-corrected chi connectivity index (χ3v) is 7.94. The zero-order valence-electron chi connectivity index (χ0n) is 24.0. The number of fused-ring (bicyclic) bond motifs is 1. The smallest absolute Gasteiger partial charge is 0.320 e. The van der Waals surface area contributed by atoms with E-state index >= 15 is 0 Å². The first-order valence-corrected chi connectivity index (χ1v) is 14.7. The second-order valence-corrected chi connectivity index (χ2v) is 12.2. The van der Waals surface area contributed by atoms with Crippen molar-refractivity contribution in [1.82, 2.24) is 29.7 Å². The highest BCUT2D eigenvalue weighted by Crippen LogP contribution is 2.32. The number of rotatable bonds is 7. The number of hydrogen-bond acceptors (Lipinski definition) is 6. The number of aromatic nitrogens is 5. The number of phenolic OH excluding ortho intramolecular Hbond substituents is 1. The van der Waals surface area contributed by atoms with E-state index < -0.39 is 0 Å². The highest BCUT2D eigenvalue weighted by atomic mass is 32.2. The molecule has 6 rings (SSSR count). The van der Waals surface area contributed by atoms with Crippen molar-refractivity contribution < 1.29 is 9.90 Å². The van der Waals surface area contributed by atoms with Crippen LogP contribution in [0.1, 0.15) is 32.0 Å². The van der Waals surface area contributed by atoms with Gasteiger partial charge >= 0.3 is 6.03 Å². The molecule has 2 amide bonds. The van der Waals surface area contributed by atoms with Gasteiger partial charge in [0.25, 0.3) is 0 Å². The molecule has 0 unspecified atom stereocenters. The highest BCUT2D eigenvalue weighted by molar-refractivity contribution is 7.99. The lowest BCUT2D eigenvalue weighted by atomic mass is 9.92. The molecule has 3 aromatic heterocycles. The normalized spacial score (nSPS) is 11.5. The quantitative estimate of drug-likeness (QED) is 0.184. The van der Waals surface area contributed by atoms with E-state index in [9.17, 15) is 9.90 Å². The van der Waals surface area contributed by atoms with Gasteiger partial charge in [-0.15, -0.1) is 10.2 Å². The molecule has 10 heteroatoms. The average Bonchev–Trinajstić information content (AvgIpc) is 3.62. The molecule has 0 aliphatic rings. The van der Waals surface area contributed by atoms with Gasteiger partial charge < -0.3 is 10.4 Å². The number of carbonyl (C=O) groups excluding carboxylic acids is 1. The second-order valence-electron chi connectivity index (χ2n) is 11.1. The molecule has 0 spiro atoms. The van der Waals surface area contributed by atoms with Crippen LogP contribution < -0.4 is 10.6 Å². The zero-order valence-corrected chi connectivity index (χ0v) is 24.8. The van der Waals surface area contributed by atoms with Crippen molar-refractivity contribution in [2.24, 2.45) is 0 Å². The molecule has 0 saturated heterocycles. The summed E-state index contributed by atoms with van der Waals surface area (Å²) in [5, 5.41) is 29.4. The predicted molar refractivity (Wildman–Crippen MR) is 169 cm³/mol. The SMILES string of the molecule is CC(C)(C)c1cc(NC(=O)NCc2ccccc2Sc2ccc3nnc(-c4ccccc4)n3c2)n(-c2cccc(O)c2)n1. The predicted octanol–water partition coefficient (Wildman–Crippen LogP) is 7.06. The number of urea groups is 1. The van der Waals surface area contributed by atoms with Gasteiger partial charge in [0.1, 0.15) is 11.6 Å². The van der Waals surface area contributed by atoms with E-state index in [1.165, 1.54) is 0 Å². The van der Waals surface area contributed by atoms with Crippen LogP contribution in [-0.4, -0.2) is 35.5 Å². The summed E-state index contributed by atoms with van der Waals surface area (Å²) >= 11 is 1.61. The van der Waals surface area contributed by atoms with Gasteiger partial charge in [-0.1, -0.05) is 87.1 Å². The monoisotopic (exact) mass is 589 g/mol. The minimum atomic E-state index is -0.361. The van der Waals surface area contributed by atoms with Gasteiger partial charge in [-0.2, -0.15) is 5.10 Å². The van der Waals surface area contributed by atoms with Crippen LogP contribution in [0.5, 0.6) is 5.75 Å². The lowest BCUT2D eigenvalue weighted by Crippen LogP contribution is -2.29. The molecule has 3 aromatic carbocycles. The standard InChI is InChI=1S/C33H31N7O2S/c1-33(2,3)28-19-30(40(38-28)24-13-9-14-25(41)18-24)35-32(42)34-20-23-12-7-8-15-27(23)43-26-16-17-29-36-37-31(39(29)21-26)22-10-5-4-6-11-22/h4-19,21,41H,20H2,1-3H3,(H2,34,35,42). The number of pyridine rings is 1. The number of benzene rings is 3. The van der Waals surface area contributed by atoms with Crippen molar-refractivity contribution >= 4 is 29.3 Å². The number of carbonyl (C=O) groups is 1. The molecule has 0 saturated carbocycles. The number of nitrogens with one attached hydrogen (secondary N) is 2. The molecular weight excluding hydrogens is 558 g/mol. The summed E-state index contributed by atoms with van der Waals surface area (Å²) in [6.07, 6.45) is 2.04. The van der Waals surface area contributed by atoms with Crippen LogP contribution in [0.25, 0.3) is 22.7 Å². The fourth-order valence-electron chi connectivity index (χ4n) is 4.59. The maximum Gasteiger partial charge on any atom is 0.320 e. The van der Waals surface area contributed by atoms with Crippen molar-refractivity contribution in [3.63, 3.8) is 0 Å². The van der Waals surface area contributed by atoms with Crippen LogP contribution in [0.4, 0.5) is 10.6 Å². The summed E-state index contributed by atoms with van der Waals surface area (Å²) < 4.78 is 3.63. The van der Waals surface area contributed by atoms with Crippen molar-refractivity contribution in [3.8, 4) is 22.8 Å². The Bertz CT molecular complexity index is 1910. The third kappa shape index (κ3) is 6.24. The van der Waals surface area contributed by atoms with Gasteiger partial charge in [-0.25, -0.2) is 9.48 Å². The first-order chi connectivity index (χ1) is 20.7. The molecule has 0 aliphatic heterocycles. The molecule has 6 aromatic rings. The van der Waals surface area contributed by atoms with Gasteiger partial charge in [-0.3, -0.25) is 9.72 Å². The van der Waals surface area contributed by atoms with Crippen LogP contribution in [-0.2, 0) is 12.0 Å². The number of phenols is 1. The van der Waals surface area contributed by atoms with Gasteiger partial charge in [0, 0.05) is 45.6 Å². The lowest BCUT2D eigenvalue weighted by molar-refractivity contribution is 0.251. The summed E-state index contributed by atoms with van der Waals surface area (Å²) in [7, 11) is 0. The van der Waals surface area contributed by atoms with Crippen molar-refractivity contribution in [2.45, 2.75) is 42.5 Å². The van der Waals surface area contributed by atoms with Crippen LogP contribution in [0.3, 0.4) is 0 Å². The lowest BCUT2D eigenvalue weighted by Gasteiger charge is -2.14. The minimum Gasteiger partial charge on any atom is -0.508 e. The van der Waals surface area contributed by atoms with Gasteiger partial charge in [0.15, 0.2) is 11.5 Å². The van der Waals surface area contributed by atoms with Gasteiger partial charge in [0.2, 0.25) is 0 Å². The Morgan fingerprint density at radius 3 is 2.49 bits per heavy atom. The average molecular weight is 590 g/mol.